The molecule has 0 spiro atoms. The lowest BCUT2D eigenvalue weighted by Gasteiger charge is -2.12. The van der Waals surface area contributed by atoms with Crippen molar-refractivity contribution < 1.29 is 19.7 Å². The van der Waals surface area contributed by atoms with E-state index in [-0.39, 0.29) is 11.9 Å². The molecule has 0 bridgehead atoms. The number of ether oxygens (including phenoxy) is 2. The van der Waals surface area contributed by atoms with Crippen LogP contribution in [0.1, 0.15) is 25.3 Å². The van der Waals surface area contributed by atoms with Gasteiger partial charge in [0.2, 0.25) is 5.75 Å². The zero-order valence-electron chi connectivity index (χ0n) is 11.8. The zero-order chi connectivity index (χ0) is 14.3. The maximum atomic E-state index is 9.79. The number of nitrogens with one attached hydrogen (secondary N) is 1. The predicted molar refractivity (Wildman–Crippen MR) is 73.8 cm³/mol. The first-order chi connectivity index (χ1) is 9.12. The van der Waals surface area contributed by atoms with Crippen LogP contribution in [0, 0.1) is 0 Å². The molecule has 0 saturated carbocycles. The molecular formula is C14H23NO4. The molecule has 5 heteroatoms. The maximum Gasteiger partial charge on any atom is 0.200 e. The van der Waals surface area contributed by atoms with Gasteiger partial charge in [-0.1, -0.05) is 6.92 Å². The largest absolute Gasteiger partial charge is 0.502 e. The number of methoxy groups -OCH3 is 2. The van der Waals surface area contributed by atoms with Crippen LogP contribution in [0.2, 0.25) is 0 Å². The minimum absolute atomic E-state index is 0.00940. The molecule has 1 atom stereocenters. The average molecular weight is 269 g/mol. The number of hydrogen-bond acceptors (Lipinski definition) is 5. The van der Waals surface area contributed by atoms with E-state index in [1.54, 1.807) is 12.1 Å². The number of phenolic OH excluding ortho intramolecular Hbond substituents is 1. The topological polar surface area (TPSA) is 71.0 Å². The van der Waals surface area contributed by atoms with E-state index in [1.807, 2.05) is 6.92 Å². The number of rotatable bonds is 8. The van der Waals surface area contributed by atoms with Gasteiger partial charge in [0.25, 0.3) is 0 Å². The van der Waals surface area contributed by atoms with Gasteiger partial charge in [0.15, 0.2) is 11.5 Å². The van der Waals surface area contributed by atoms with Crippen LogP contribution in [-0.4, -0.2) is 37.1 Å². The van der Waals surface area contributed by atoms with Gasteiger partial charge in [0.05, 0.1) is 20.3 Å². The molecule has 108 valence electrons. The maximum absolute atomic E-state index is 9.79. The Hall–Kier alpha value is -1.46. The second-order valence-corrected chi connectivity index (χ2v) is 4.38. The van der Waals surface area contributed by atoms with Crippen molar-refractivity contribution in [3.8, 4) is 17.2 Å². The average Bonchev–Trinajstić information content (AvgIpc) is 2.44. The van der Waals surface area contributed by atoms with Crippen molar-refractivity contribution in [3.63, 3.8) is 0 Å². The first kappa shape index (κ1) is 15.6. The van der Waals surface area contributed by atoms with E-state index in [0.717, 1.165) is 24.9 Å². The summed E-state index contributed by atoms with van der Waals surface area (Å²) in [6.45, 7) is 3.32. The minimum Gasteiger partial charge on any atom is -0.502 e. The van der Waals surface area contributed by atoms with Gasteiger partial charge in [-0.2, -0.15) is 0 Å². The number of benzene rings is 1. The van der Waals surface area contributed by atoms with Crippen LogP contribution in [0.5, 0.6) is 17.2 Å². The highest BCUT2D eigenvalue weighted by molar-refractivity contribution is 5.52. The van der Waals surface area contributed by atoms with Crippen LogP contribution in [-0.2, 0) is 6.54 Å². The van der Waals surface area contributed by atoms with Crippen molar-refractivity contribution in [2.24, 2.45) is 0 Å². The van der Waals surface area contributed by atoms with Crippen LogP contribution in [0.3, 0.4) is 0 Å². The summed E-state index contributed by atoms with van der Waals surface area (Å²) < 4.78 is 10.2. The molecule has 0 aliphatic heterocycles. The quantitative estimate of drug-likeness (QED) is 0.626. The highest BCUT2D eigenvalue weighted by atomic mass is 16.5. The van der Waals surface area contributed by atoms with Crippen molar-refractivity contribution in [3.05, 3.63) is 17.7 Å². The molecule has 5 nitrogen and oxygen atoms in total. The second kappa shape index (κ2) is 7.86. The Kier molecular flexibility index (Phi) is 6.45. The second-order valence-electron chi connectivity index (χ2n) is 4.38. The van der Waals surface area contributed by atoms with Gasteiger partial charge in [-0.05, 0) is 37.1 Å². The van der Waals surface area contributed by atoms with Crippen molar-refractivity contribution in [1.29, 1.82) is 0 Å². The van der Waals surface area contributed by atoms with Crippen molar-refractivity contribution >= 4 is 0 Å². The summed E-state index contributed by atoms with van der Waals surface area (Å²) in [5, 5.41) is 22.5. The van der Waals surface area contributed by atoms with Crippen LogP contribution >= 0.6 is 0 Å². The number of aliphatic hydroxyl groups excluding tert-OH is 1. The highest BCUT2D eigenvalue weighted by Gasteiger charge is 2.10. The Morgan fingerprint density at radius 3 is 2.26 bits per heavy atom. The number of hydrogen-bond donors (Lipinski definition) is 3. The summed E-state index contributed by atoms with van der Waals surface area (Å²) in [6, 6.07) is 3.53. The Morgan fingerprint density at radius 1 is 1.21 bits per heavy atom. The number of aromatic hydroxyl groups is 1. The monoisotopic (exact) mass is 269 g/mol. The van der Waals surface area contributed by atoms with Crippen molar-refractivity contribution in [2.45, 2.75) is 32.4 Å². The van der Waals surface area contributed by atoms with Gasteiger partial charge in [-0.15, -0.1) is 0 Å². The van der Waals surface area contributed by atoms with Gasteiger partial charge >= 0.3 is 0 Å². The summed E-state index contributed by atoms with van der Waals surface area (Å²) in [5.74, 6) is 0.796. The number of aliphatic hydroxyl groups is 1. The van der Waals surface area contributed by atoms with E-state index >= 15 is 0 Å². The third-order valence-electron chi connectivity index (χ3n) is 2.99. The molecule has 19 heavy (non-hydrogen) atoms. The van der Waals surface area contributed by atoms with Gasteiger partial charge in [-0.25, -0.2) is 0 Å². The summed E-state index contributed by atoms with van der Waals surface area (Å²) >= 11 is 0. The Balaban J connectivity index is 2.58. The van der Waals surface area contributed by atoms with Gasteiger partial charge in [0.1, 0.15) is 0 Å². The number of phenols is 1. The highest BCUT2D eigenvalue weighted by Crippen LogP contribution is 2.36. The SMILES string of the molecule is CCC(O)CCNCc1cc(OC)c(O)c(OC)c1. The molecule has 0 fully saturated rings. The van der Waals surface area contributed by atoms with Gasteiger partial charge in [-0.3, -0.25) is 0 Å². The third-order valence-corrected chi connectivity index (χ3v) is 2.99. The molecule has 0 aromatic heterocycles. The zero-order valence-corrected chi connectivity index (χ0v) is 11.8. The lowest BCUT2D eigenvalue weighted by atomic mass is 10.1. The van der Waals surface area contributed by atoms with Crippen molar-refractivity contribution in [2.75, 3.05) is 20.8 Å². The lowest BCUT2D eigenvalue weighted by Crippen LogP contribution is -2.19. The summed E-state index contributed by atoms with van der Waals surface area (Å²) in [5.41, 5.74) is 0.956. The van der Waals surface area contributed by atoms with Crippen LogP contribution < -0.4 is 14.8 Å². The van der Waals surface area contributed by atoms with Crippen LogP contribution in [0.25, 0.3) is 0 Å². The first-order valence-corrected chi connectivity index (χ1v) is 6.45. The van der Waals surface area contributed by atoms with Gasteiger partial charge < -0.3 is 25.0 Å². The van der Waals surface area contributed by atoms with Crippen LogP contribution in [0.15, 0.2) is 12.1 Å². The van der Waals surface area contributed by atoms with E-state index in [2.05, 4.69) is 5.32 Å². The molecule has 0 heterocycles. The lowest BCUT2D eigenvalue weighted by molar-refractivity contribution is 0.159. The molecule has 0 saturated heterocycles. The van der Waals surface area contributed by atoms with E-state index < -0.39 is 0 Å². The standard InChI is InChI=1S/C14H23NO4/c1-4-11(16)5-6-15-9-10-7-12(18-2)14(17)13(8-10)19-3/h7-8,11,15-17H,4-6,9H2,1-3H3. The van der Waals surface area contributed by atoms with E-state index in [4.69, 9.17) is 9.47 Å². The molecule has 1 aromatic carbocycles. The molecule has 0 radical (unpaired) electrons. The predicted octanol–water partition coefficient (Wildman–Crippen LogP) is 1.66. The van der Waals surface area contributed by atoms with E-state index in [1.165, 1.54) is 14.2 Å². The van der Waals surface area contributed by atoms with Gasteiger partial charge in [0, 0.05) is 6.54 Å². The van der Waals surface area contributed by atoms with Crippen molar-refractivity contribution in [1.82, 2.24) is 5.32 Å². The third kappa shape index (κ3) is 4.61. The fourth-order valence-electron chi connectivity index (χ4n) is 1.76. The molecular weight excluding hydrogens is 246 g/mol. The fraction of sp³-hybridized carbons (Fsp3) is 0.571. The molecule has 0 aliphatic carbocycles. The molecule has 1 rings (SSSR count). The molecule has 1 unspecified atom stereocenters. The van der Waals surface area contributed by atoms with Crippen LogP contribution in [0.4, 0.5) is 0 Å². The Bertz CT molecular complexity index is 370. The van der Waals surface area contributed by atoms with E-state index in [9.17, 15) is 10.2 Å². The molecule has 1 aromatic rings. The van der Waals surface area contributed by atoms with E-state index in [0.29, 0.717) is 18.0 Å². The molecule has 0 amide bonds. The first-order valence-electron chi connectivity index (χ1n) is 6.45. The summed E-state index contributed by atoms with van der Waals surface area (Å²) in [4.78, 5) is 0. The fourth-order valence-corrected chi connectivity index (χ4v) is 1.76. The smallest absolute Gasteiger partial charge is 0.200 e. The Labute approximate surface area is 114 Å². The Morgan fingerprint density at radius 2 is 1.79 bits per heavy atom. The molecule has 3 N–H and O–H groups in total. The normalized spacial score (nSPS) is 12.2. The molecule has 0 aliphatic rings. The minimum atomic E-state index is -0.253. The summed E-state index contributed by atoms with van der Waals surface area (Å²) in [6.07, 6.45) is 1.24. The summed E-state index contributed by atoms with van der Waals surface area (Å²) in [7, 11) is 3.01.